The molecule has 1 aliphatic carbocycles. The van der Waals surface area contributed by atoms with Crippen molar-refractivity contribution in [1.82, 2.24) is 5.32 Å². The highest BCUT2D eigenvalue weighted by molar-refractivity contribution is 4.76. The third kappa shape index (κ3) is 4.40. The van der Waals surface area contributed by atoms with E-state index in [4.69, 9.17) is 4.74 Å². The molecular formula is C11H23NO2. The number of methoxy groups -OCH3 is 1. The van der Waals surface area contributed by atoms with Crippen molar-refractivity contribution in [3.8, 4) is 0 Å². The van der Waals surface area contributed by atoms with E-state index in [1.165, 1.54) is 25.7 Å². The fourth-order valence-corrected chi connectivity index (χ4v) is 2.02. The molecule has 14 heavy (non-hydrogen) atoms. The van der Waals surface area contributed by atoms with E-state index >= 15 is 0 Å². The summed E-state index contributed by atoms with van der Waals surface area (Å²) in [7, 11) is 1.62. The van der Waals surface area contributed by atoms with Crippen LogP contribution in [0.25, 0.3) is 0 Å². The van der Waals surface area contributed by atoms with Crippen LogP contribution in [0.15, 0.2) is 0 Å². The molecule has 0 aromatic heterocycles. The zero-order chi connectivity index (χ0) is 10.4. The second-order valence-corrected chi connectivity index (χ2v) is 4.47. The van der Waals surface area contributed by atoms with Crippen LogP contribution in [0.3, 0.4) is 0 Å². The van der Waals surface area contributed by atoms with Crippen molar-refractivity contribution < 1.29 is 9.84 Å². The smallest absolute Gasteiger partial charge is 0.0897 e. The average Bonchev–Trinajstić information content (AvgIpc) is 2.17. The Balaban J connectivity index is 2.06. The van der Waals surface area contributed by atoms with E-state index < -0.39 is 0 Å². The number of rotatable bonds is 5. The highest BCUT2D eigenvalue weighted by Gasteiger charge is 2.18. The van der Waals surface area contributed by atoms with E-state index in [1.807, 2.05) is 0 Å². The van der Waals surface area contributed by atoms with Crippen LogP contribution in [-0.4, -0.2) is 37.5 Å². The summed E-state index contributed by atoms with van der Waals surface area (Å²) in [6, 6.07) is 0.609. The number of aliphatic hydroxyl groups is 1. The number of aliphatic hydroxyl groups excluding tert-OH is 1. The van der Waals surface area contributed by atoms with Gasteiger partial charge in [0.1, 0.15) is 0 Å². The van der Waals surface area contributed by atoms with E-state index in [2.05, 4.69) is 12.2 Å². The van der Waals surface area contributed by atoms with Gasteiger partial charge in [-0.05, 0) is 31.6 Å². The van der Waals surface area contributed by atoms with Gasteiger partial charge in [0, 0.05) is 19.7 Å². The summed E-state index contributed by atoms with van der Waals surface area (Å²) in [5, 5.41) is 12.8. The standard InChI is InChI=1S/C11H23NO2/c1-9-3-5-10(6-4-9)12-7-11(13)8-14-2/h9-13H,3-8H2,1-2H3. The Morgan fingerprint density at radius 1 is 1.36 bits per heavy atom. The van der Waals surface area contributed by atoms with Crippen molar-refractivity contribution in [2.24, 2.45) is 5.92 Å². The lowest BCUT2D eigenvalue weighted by atomic mass is 9.87. The third-order valence-electron chi connectivity index (χ3n) is 3.02. The number of ether oxygens (including phenoxy) is 1. The predicted octanol–water partition coefficient (Wildman–Crippen LogP) is 1.16. The summed E-state index contributed by atoms with van der Waals surface area (Å²) in [5.74, 6) is 0.886. The molecule has 0 radical (unpaired) electrons. The molecule has 3 heteroatoms. The molecule has 1 unspecified atom stereocenters. The van der Waals surface area contributed by atoms with Gasteiger partial charge in [0.2, 0.25) is 0 Å². The molecule has 1 saturated carbocycles. The van der Waals surface area contributed by atoms with Crippen LogP contribution in [0.2, 0.25) is 0 Å². The van der Waals surface area contributed by atoms with Gasteiger partial charge in [-0.2, -0.15) is 0 Å². The van der Waals surface area contributed by atoms with Gasteiger partial charge in [0.25, 0.3) is 0 Å². The SMILES string of the molecule is COCC(O)CNC1CCC(C)CC1. The molecule has 0 heterocycles. The average molecular weight is 201 g/mol. The Bertz CT molecular complexity index is 144. The molecule has 0 aromatic rings. The minimum atomic E-state index is -0.362. The molecule has 0 amide bonds. The summed E-state index contributed by atoms with van der Waals surface area (Å²) in [4.78, 5) is 0. The van der Waals surface area contributed by atoms with Gasteiger partial charge in [0.05, 0.1) is 12.7 Å². The minimum Gasteiger partial charge on any atom is -0.389 e. The quantitative estimate of drug-likeness (QED) is 0.701. The molecule has 0 bridgehead atoms. The molecule has 1 rings (SSSR count). The van der Waals surface area contributed by atoms with Crippen LogP contribution in [0.1, 0.15) is 32.6 Å². The van der Waals surface area contributed by atoms with Crippen LogP contribution >= 0.6 is 0 Å². The van der Waals surface area contributed by atoms with Crippen molar-refractivity contribution in [2.75, 3.05) is 20.3 Å². The Hall–Kier alpha value is -0.120. The van der Waals surface area contributed by atoms with Gasteiger partial charge < -0.3 is 15.2 Å². The highest BCUT2D eigenvalue weighted by atomic mass is 16.5. The Morgan fingerprint density at radius 2 is 2.00 bits per heavy atom. The molecule has 1 fully saturated rings. The zero-order valence-electron chi connectivity index (χ0n) is 9.33. The van der Waals surface area contributed by atoms with Crippen molar-refractivity contribution in [3.05, 3.63) is 0 Å². The van der Waals surface area contributed by atoms with Gasteiger partial charge in [-0.15, -0.1) is 0 Å². The maximum atomic E-state index is 9.44. The van der Waals surface area contributed by atoms with Crippen LogP contribution < -0.4 is 5.32 Å². The molecular weight excluding hydrogens is 178 g/mol. The second-order valence-electron chi connectivity index (χ2n) is 4.47. The van der Waals surface area contributed by atoms with Crippen molar-refractivity contribution >= 4 is 0 Å². The first kappa shape index (κ1) is 12.0. The fourth-order valence-electron chi connectivity index (χ4n) is 2.02. The molecule has 3 nitrogen and oxygen atoms in total. The third-order valence-corrected chi connectivity index (χ3v) is 3.02. The summed E-state index contributed by atoms with van der Waals surface area (Å²) in [6.07, 6.45) is 4.78. The van der Waals surface area contributed by atoms with E-state index in [-0.39, 0.29) is 6.10 Å². The van der Waals surface area contributed by atoms with E-state index in [0.717, 1.165) is 5.92 Å². The molecule has 0 aliphatic heterocycles. The van der Waals surface area contributed by atoms with Gasteiger partial charge in [0.15, 0.2) is 0 Å². The first-order chi connectivity index (χ1) is 6.72. The zero-order valence-corrected chi connectivity index (χ0v) is 9.33. The van der Waals surface area contributed by atoms with Crippen molar-refractivity contribution in [3.63, 3.8) is 0 Å². The predicted molar refractivity (Wildman–Crippen MR) is 57.3 cm³/mol. The maximum absolute atomic E-state index is 9.44. The van der Waals surface area contributed by atoms with Gasteiger partial charge in [-0.3, -0.25) is 0 Å². The van der Waals surface area contributed by atoms with Crippen molar-refractivity contribution in [1.29, 1.82) is 0 Å². The molecule has 0 saturated heterocycles. The monoisotopic (exact) mass is 201 g/mol. The number of hydrogen-bond donors (Lipinski definition) is 2. The Labute approximate surface area is 86.8 Å². The molecule has 1 aliphatic rings. The molecule has 2 N–H and O–H groups in total. The highest BCUT2D eigenvalue weighted by Crippen LogP contribution is 2.23. The molecule has 0 spiro atoms. The van der Waals surface area contributed by atoms with Crippen LogP contribution in [-0.2, 0) is 4.74 Å². The van der Waals surface area contributed by atoms with Crippen LogP contribution in [0.5, 0.6) is 0 Å². The first-order valence-corrected chi connectivity index (χ1v) is 5.62. The normalized spacial score (nSPS) is 30.2. The Morgan fingerprint density at radius 3 is 2.57 bits per heavy atom. The molecule has 1 atom stereocenters. The van der Waals surface area contributed by atoms with Gasteiger partial charge >= 0.3 is 0 Å². The van der Waals surface area contributed by atoms with E-state index in [1.54, 1.807) is 7.11 Å². The van der Waals surface area contributed by atoms with E-state index in [9.17, 15) is 5.11 Å². The summed E-state index contributed by atoms with van der Waals surface area (Å²) >= 11 is 0. The first-order valence-electron chi connectivity index (χ1n) is 5.62. The van der Waals surface area contributed by atoms with Gasteiger partial charge in [-0.25, -0.2) is 0 Å². The lowest BCUT2D eigenvalue weighted by molar-refractivity contribution is 0.0613. The Kier molecular flexibility index (Phi) is 5.45. The largest absolute Gasteiger partial charge is 0.389 e. The lowest BCUT2D eigenvalue weighted by Gasteiger charge is -2.27. The van der Waals surface area contributed by atoms with Crippen molar-refractivity contribution in [2.45, 2.75) is 44.8 Å². The maximum Gasteiger partial charge on any atom is 0.0897 e. The topological polar surface area (TPSA) is 41.5 Å². The lowest BCUT2D eigenvalue weighted by Crippen LogP contribution is -2.39. The second kappa shape index (κ2) is 6.38. The van der Waals surface area contributed by atoms with Gasteiger partial charge in [-0.1, -0.05) is 6.92 Å². The molecule has 0 aromatic carbocycles. The van der Waals surface area contributed by atoms with Crippen LogP contribution in [0, 0.1) is 5.92 Å². The number of hydrogen-bond acceptors (Lipinski definition) is 3. The van der Waals surface area contributed by atoms with E-state index in [0.29, 0.717) is 19.2 Å². The summed E-state index contributed by atoms with van der Waals surface area (Å²) in [5.41, 5.74) is 0. The minimum absolute atomic E-state index is 0.362. The molecule has 84 valence electrons. The summed E-state index contributed by atoms with van der Waals surface area (Å²) in [6.45, 7) is 3.40. The summed E-state index contributed by atoms with van der Waals surface area (Å²) < 4.78 is 4.87. The fraction of sp³-hybridized carbons (Fsp3) is 1.00. The van der Waals surface area contributed by atoms with Crippen LogP contribution in [0.4, 0.5) is 0 Å². The number of nitrogens with one attached hydrogen (secondary N) is 1.